The van der Waals surface area contributed by atoms with Crippen molar-refractivity contribution in [3.8, 4) is 50.2 Å². The highest BCUT2D eigenvalue weighted by Gasteiger charge is 2.61. The van der Waals surface area contributed by atoms with E-state index >= 15 is 0 Å². The molecule has 0 N–H and O–H groups in total. The molecule has 2 nitrogen and oxygen atoms in total. The highest BCUT2D eigenvalue weighted by molar-refractivity contribution is 6.11. The van der Waals surface area contributed by atoms with Gasteiger partial charge in [0.25, 0.3) is 0 Å². The van der Waals surface area contributed by atoms with Crippen LogP contribution in [-0.2, 0) is 10.8 Å². The fraction of sp³-hybridized carbons (Fsp3) is 0.0270. The minimum absolute atomic E-state index is 0.732. The molecule has 2 heteroatoms. The molecule has 3 aliphatic carbocycles. The number of para-hydroxylation sites is 1. The van der Waals surface area contributed by atoms with Gasteiger partial charge in [0.2, 0.25) is 0 Å². The Hall–Kier alpha value is -9.76. The van der Waals surface area contributed by atoms with Crippen LogP contribution >= 0.6 is 0 Å². The van der Waals surface area contributed by atoms with Crippen LogP contribution in [0.15, 0.2) is 309 Å². The second-order valence-corrected chi connectivity index (χ2v) is 20.3. The molecule has 0 fully saturated rings. The largest absolute Gasteiger partial charge is 0.312 e. The summed E-state index contributed by atoms with van der Waals surface area (Å²) in [4.78, 5) is 2.64. The Morgan fingerprint density at radius 2 is 0.750 bits per heavy atom. The van der Waals surface area contributed by atoms with Crippen LogP contribution in [0.25, 0.3) is 72.0 Å². The summed E-state index contributed by atoms with van der Waals surface area (Å²) >= 11 is 0. The Bertz CT molecular complexity index is 4250. The normalized spacial score (nSPS) is 14.2. The summed E-state index contributed by atoms with van der Waals surface area (Å²) in [6.45, 7) is 4.36. The predicted octanol–water partition coefficient (Wildman–Crippen LogP) is 18.6. The lowest BCUT2D eigenvalue weighted by Crippen LogP contribution is -2.48. The molecule has 0 saturated heterocycles. The minimum atomic E-state index is -0.802. The van der Waals surface area contributed by atoms with Crippen molar-refractivity contribution in [3.63, 3.8) is 0 Å². The Kier molecular flexibility index (Phi) is 9.89. The first-order valence-electron chi connectivity index (χ1n) is 26.4. The summed E-state index contributed by atoms with van der Waals surface area (Å²) in [5, 5.41) is 2.38. The van der Waals surface area contributed by atoms with Crippen LogP contribution in [0.1, 0.15) is 33.4 Å². The van der Waals surface area contributed by atoms with Gasteiger partial charge in [0.05, 0.1) is 21.9 Å². The van der Waals surface area contributed by atoms with Crippen LogP contribution in [-0.4, -0.2) is 4.57 Å². The highest BCUT2D eigenvalue weighted by atomic mass is 15.2. The zero-order valence-corrected chi connectivity index (χ0v) is 41.8. The van der Waals surface area contributed by atoms with E-state index in [0.717, 1.165) is 33.7 Å². The van der Waals surface area contributed by atoms with Gasteiger partial charge in [-0.15, -0.1) is 0 Å². The summed E-state index contributed by atoms with van der Waals surface area (Å²) in [7, 11) is 0. The van der Waals surface area contributed by atoms with Crippen LogP contribution in [0.5, 0.6) is 0 Å². The van der Waals surface area contributed by atoms with Gasteiger partial charge in [-0.3, -0.25) is 0 Å². The quantitative estimate of drug-likeness (QED) is 0.138. The summed E-state index contributed by atoms with van der Waals surface area (Å²) in [5.41, 5.74) is 23.8. The third kappa shape index (κ3) is 6.10. The smallest absolute Gasteiger partial charge is 0.0876 e. The van der Waals surface area contributed by atoms with E-state index in [-0.39, 0.29) is 0 Å². The molecule has 0 bridgehead atoms. The zero-order chi connectivity index (χ0) is 50.4. The second kappa shape index (κ2) is 17.2. The molecule has 0 radical (unpaired) electrons. The van der Waals surface area contributed by atoms with Gasteiger partial charge >= 0.3 is 0 Å². The van der Waals surface area contributed by atoms with Crippen LogP contribution in [0.4, 0.5) is 11.4 Å². The second-order valence-electron chi connectivity index (χ2n) is 20.3. The zero-order valence-electron chi connectivity index (χ0n) is 41.8. The standard InChI is InChI=1S/C74H50N2/c1-2-3-31-69-72(74(65-34-17-12-28-59(65)60-29-13-18-35-66(60)74)68-37-20-19-36-67(68)73(69)63-32-15-10-26-57(63)58-27-11-16-33-64(58)73)75(54-43-39-52(40-44-54)50-22-6-4-7-23-50)56-47-48-71-62(49-56)61-30-14-21-38-70(61)76(71)55-45-41-53(42-46-55)51-24-8-5-9-25-51/h2-49H,1H2/b31-3-. The third-order valence-electron chi connectivity index (χ3n) is 16.7. The Morgan fingerprint density at radius 3 is 1.29 bits per heavy atom. The molecular weight excluding hydrogens is 917 g/mol. The van der Waals surface area contributed by atoms with Gasteiger partial charge in [-0.25, -0.2) is 0 Å². The van der Waals surface area contributed by atoms with E-state index in [1.54, 1.807) is 0 Å². The van der Waals surface area contributed by atoms with E-state index in [1.807, 2.05) is 6.08 Å². The maximum Gasteiger partial charge on any atom is 0.0876 e. The van der Waals surface area contributed by atoms with Crippen molar-refractivity contribution in [3.05, 3.63) is 342 Å². The highest BCUT2D eigenvalue weighted by Crippen LogP contribution is 2.69. The van der Waals surface area contributed by atoms with Crippen molar-refractivity contribution in [1.29, 1.82) is 0 Å². The number of hydrogen-bond donors (Lipinski definition) is 0. The van der Waals surface area contributed by atoms with E-state index in [1.165, 1.54) is 94.4 Å². The molecule has 15 rings (SSSR count). The third-order valence-corrected chi connectivity index (χ3v) is 16.7. The number of aromatic nitrogens is 1. The monoisotopic (exact) mass is 966 g/mol. The lowest BCUT2D eigenvalue weighted by molar-refractivity contribution is 0.612. The lowest BCUT2D eigenvalue weighted by atomic mass is 9.53. The molecular formula is C74H50N2. The lowest BCUT2D eigenvalue weighted by Gasteiger charge is -2.52. The Morgan fingerprint density at radius 1 is 0.342 bits per heavy atom. The number of fused-ring (bicyclic) bond motifs is 16. The van der Waals surface area contributed by atoms with E-state index in [9.17, 15) is 0 Å². The van der Waals surface area contributed by atoms with Crippen molar-refractivity contribution in [2.24, 2.45) is 0 Å². The molecule has 3 aliphatic rings. The van der Waals surface area contributed by atoms with E-state index in [0.29, 0.717) is 0 Å². The summed E-state index contributed by atoms with van der Waals surface area (Å²) < 4.78 is 2.43. The number of allylic oxidation sites excluding steroid dienone is 5. The first-order valence-corrected chi connectivity index (χ1v) is 26.4. The maximum absolute atomic E-state index is 4.36. The van der Waals surface area contributed by atoms with E-state index in [2.05, 4.69) is 301 Å². The summed E-state index contributed by atoms with van der Waals surface area (Å²) in [6, 6.07) is 102. The Balaban J connectivity index is 1.10. The number of nitrogens with zero attached hydrogens (tertiary/aromatic N) is 2. The van der Waals surface area contributed by atoms with Gasteiger partial charge in [0.1, 0.15) is 0 Å². The minimum Gasteiger partial charge on any atom is -0.312 e. The van der Waals surface area contributed by atoms with Gasteiger partial charge in [-0.05, 0) is 132 Å². The first-order chi connectivity index (χ1) is 37.7. The Labute approximate surface area is 443 Å². The van der Waals surface area contributed by atoms with E-state index in [4.69, 9.17) is 0 Å². The predicted molar refractivity (Wildman–Crippen MR) is 317 cm³/mol. The topological polar surface area (TPSA) is 8.17 Å². The molecule has 11 aromatic carbocycles. The number of benzene rings is 11. The van der Waals surface area contributed by atoms with Gasteiger partial charge in [0, 0.05) is 33.5 Å². The van der Waals surface area contributed by atoms with Gasteiger partial charge in [0.15, 0.2) is 0 Å². The average Bonchev–Trinajstić information content (AvgIpc) is 4.21. The van der Waals surface area contributed by atoms with Crippen molar-refractivity contribution in [2.75, 3.05) is 4.90 Å². The van der Waals surface area contributed by atoms with Gasteiger partial charge < -0.3 is 9.47 Å². The summed E-state index contributed by atoms with van der Waals surface area (Å²) in [5.74, 6) is 0. The summed E-state index contributed by atoms with van der Waals surface area (Å²) in [6.07, 6.45) is 6.52. The molecule has 356 valence electrons. The molecule has 0 unspecified atom stereocenters. The fourth-order valence-corrected chi connectivity index (χ4v) is 13.7. The SMILES string of the molecule is C=C/C=C\C1=C(N(c2ccc(-c3ccccc3)cc2)c2ccc3c(c2)c2ccccc2n3-c2ccc(-c3ccccc3)cc2)C2(c3ccccc3-c3ccccc32)c2ccccc2C12c1ccccc1-c1ccccc12. The number of rotatable bonds is 8. The van der Waals surface area contributed by atoms with Gasteiger partial charge in [-0.2, -0.15) is 0 Å². The average molecular weight is 967 g/mol. The van der Waals surface area contributed by atoms with Crippen LogP contribution in [0, 0.1) is 0 Å². The molecule has 76 heavy (non-hydrogen) atoms. The van der Waals surface area contributed by atoms with Crippen molar-refractivity contribution < 1.29 is 0 Å². The molecule has 0 saturated carbocycles. The molecule has 0 aliphatic heterocycles. The van der Waals surface area contributed by atoms with Crippen molar-refractivity contribution >= 4 is 33.2 Å². The number of anilines is 2. The molecule has 1 heterocycles. The van der Waals surface area contributed by atoms with E-state index < -0.39 is 10.8 Å². The van der Waals surface area contributed by atoms with Crippen molar-refractivity contribution in [2.45, 2.75) is 10.8 Å². The van der Waals surface area contributed by atoms with Gasteiger partial charge in [-0.1, -0.05) is 249 Å². The molecule has 0 atom stereocenters. The molecule has 12 aromatic rings. The molecule has 1 aromatic heterocycles. The first kappa shape index (κ1) is 43.8. The number of hydrogen-bond acceptors (Lipinski definition) is 1. The molecule has 2 spiro atoms. The van der Waals surface area contributed by atoms with Crippen LogP contribution < -0.4 is 4.90 Å². The van der Waals surface area contributed by atoms with Crippen LogP contribution in [0.2, 0.25) is 0 Å². The van der Waals surface area contributed by atoms with Crippen molar-refractivity contribution in [1.82, 2.24) is 4.57 Å². The molecule has 0 amide bonds. The fourth-order valence-electron chi connectivity index (χ4n) is 13.7. The maximum atomic E-state index is 4.36. The van der Waals surface area contributed by atoms with Crippen LogP contribution in [0.3, 0.4) is 0 Å².